The van der Waals surface area contributed by atoms with Crippen LogP contribution in [-0.2, 0) is 9.09 Å². The fourth-order valence-corrected chi connectivity index (χ4v) is 1.41. The van der Waals surface area contributed by atoms with Crippen molar-refractivity contribution in [2.75, 3.05) is 63.0 Å². The Morgan fingerprint density at radius 3 is 1.35 bits per heavy atom. The van der Waals surface area contributed by atoms with Crippen LogP contribution in [0.1, 0.15) is 45.4 Å². The largest absolute Gasteiger partial charge is 0.790 e. The fourth-order valence-electron chi connectivity index (χ4n) is 1.06. The number of rotatable bonds is 8. The van der Waals surface area contributed by atoms with Crippen LogP contribution in [0.2, 0.25) is 0 Å². The van der Waals surface area contributed by atoms with E-state index in [1.165, 1.54) is 19.3 Å². The molecule has 0 aliphatic carbocycles. The van der Waals surface area contributed by atoms with Crippen LogP contribution in [0, 0.1) is 0 Å². The van der Waals surface area contributed by atoms with Crippen molar-refractivity contribution in [2.45, 2.75) is 45.4 Å². The zero-order chi connectivity index (χ0) is 19.2. The lowest BCUT2D eigenvalue weighted by Crippen LogP contribution is -2.27. The smallest absolute Gasteiger partial charge is 0.0675 e. The number of unbranched alkanes of at least 4 members (excludes halogenated alkanes) is 5. The van der Waals surface area contributed by atoms with Crippen molar-refractivity contribution in [3.05, 3.63) is 0 Å². The number of phosphoric acid groups is 1. The van der Waals surface area contributed by atoms with Gasteiger partial charge in [0.25, 0.3) is 0 Å². The predicted molar refractivity (Wildman–Crippen MR) is 94.8 cm³/mol. The average molecular weight is 356 g/mol. The molecule has 0 rings (SSSR count). The zero-order valence-corrected chi connectivity index (χ0v) is 17.8. The van der Waals surface area contributed by atoms with E-state index >= 15 is 0 Å². The van der Waals surface area contributed by atoms with E-state index in [2.05, 4.69) is 67.8 Å². The van der Waals surface area contributed by atoms with Gasteiger partial charge in [-0.25, -0.2) is 0 Å². The van der Waals surface area contributed by atoms with Gasteiger partial charge in [0.1, 0.15) is 0 Å². The van der Waals surface area contributed by atoms with Gasteiger partial charge in [-0.1, -0.05) is 39.0 Å². The minimum absolute atomic E-state index is 0.0381. The maximum absolute atomic E-state index is 10.0. The molecule has 0 fully saturated rings. The summed E-state index contributed by atoms with van der Waals surface area (Å²) < 4.78 is 16.1. The Labute approximate surface area is 144 Å². The Morgan fingerprint density at radius 1 is 0.739 bits per heavy atom. The van der Waals surface area contributed by atoms with Crippen molar-refractivity contribution >= 4 is 7.82 Å². The van der Waals surface area contributed by atoms with Gasteiger partial charge >= 0.3 is 0 Å². The van der Waals surface area contributed by atoms with Crippen molar-refractivity contribution in [2.24, 2.45) is 0 Å². The van der Waals surface area contributed by atoms with E-state index in [4.69, 9.17) is 0 Å². The molecule has 0 aromatic heterocycles. The van der Waals surface area contributed by atoms with E-state index in [1.807, 2.05) is 0 Å². The topological polar surface area (TPSA) is 72.4 Å². The molecule has 23 heavy (non-hydrogen) atoms. The molecular weight excluding hydrogens is 315 g/mol. The van der Waals surface area contributed by atoms with Crippen LogP contribution in [-0.4, -0.2) is 72.0 Å². The fraction of sp³-hybridized carbons (Fsp3) is 1.00. The quantitative estimate of drug-likeness (QED) is 0.378. The summed E-state index contributed by atoms with van der Waals surface area (Å²) in [5.74, 6) is 0. The van der Waals surface area contributed by atoms with Crippen molar-refractivity contribution in [1.29, 1.82) is 0 Å². The van der Waals surface area contributed by atoms with Crippen LogP contribution in [0.3, 0.4) is 0 Å². The molecule has 0 spiro atoms. The molecular formula is C16H41N2O4P. The highest BCUT2D eigenvalue weighted by Crippen LogP contribution is 2.24. The Hall–Kier alpha value is 0.0300. The van der Waals surface area contributed by atoms with E-state index in [0.717, 1.165) is 21.8 Å². The number of hydrogen-bond donors (Lipinski definition) is 0. The lowest BCUT2D eigenvalue weighted by Gasteiger charge is -2.28. The lowest BCUT2D eigenvalue weighted by molar-refractivity contribution is -0.849. The lowest BCUT2D eigenvalue weighted by atomic mass is 10.1. The standard InChI is InChI=1S/C8H19O4P.2C4H12N/c1-2-3-4-5-6-7-8-12-13(9,10)11;2*1-5(2,3)4/h2-8H2,1H3,(H2,9,10,11);2*1-4H3/q;2*+1/p-2. The minimum atomic E-state index is -4.73. The number of nitrogens with zero attached hydrogens (tertiary/aromatic N) is 2. The Balaban J connectivity index is -0.000000329. The molecule has 6 nitrogen and oxygen atoms in total. The van der Waals surface area contributed by atoms with Gasteiger partial charge in [-0.05, 0) is 6.42 Å². The first-order valence-electron chi connectivity index (χ1n) is 8.30. The molecule has 7 heteroatoms. The Bertz CT molecular complexity index is 269. The first-order valence-corrected chi connectivity index (χ1v) is 9.76. The van der Waals surface area contributed by atoms with Crippen LogP contribution in [0.25, 0.3) is 0 Å². The maximum Gasteiger partial charge on any atom is 0.0675 e. The third-order valence-electron chi connectivity index (χ3n) is 1.75. The molecule has 0 unspecified atom stereocenters. The highest BCUT2D eigenvalue weighted by atomic mass is 31.2. The first-order chi connectivity index (χ1) is 10.1. The van der Waals surface area contributed by atoms with Crippen LogP contribution < -0.4 is 9.79 Å². The third kappa shape index (κ3) is 87.9. The number of hydrogen-bond acceptors (Lipinski definition) is 4. The van der Waals surface area contributed by atoms with E-state index in [-0.39, 0.29) is 6.61 Å². The van der Waals surface area contributed by atoms with Crippen molar-refractivity contribution < 1.29 is 27.8 Å². The molecule has 0 aromatic rings. The van der Waals surface area contributed by atoms with Gasteiger partial charge in [-0.2, -0.15) is 0 Å². The van der Waals surface area contributed by atoms with E-state index in [0.29, 0.717) is 6.42 Å². The summed E-state index contributed by atoms with van der Waals surface area (Å²) in [5, 5.41) is 0. The number of phosphoric ester groups is 1. The summed E-state index contributed by atoms with van der Waals surface area (Å²) in [4.78, 5) is 20.0. The van der Waals surface area contributed by atoms with E-state index in [9.17, 15) is 14.4 Å². The summed E-state index contributed by atoms with van der Waals surface area (Å²) in [6, 6.07) is 0. The van der Waals surface area contributed by atoms with Gasteiger partial charge in [0.15, 0.2) is 0 Å². The van der Waals surface area contributed by atoms with Crippen molar-refractivity contribution in [3.63, 3.8) is 0 Å². The van der Waals surface area contributed by atoms with Crippen LogP contribution in [0.15, 0.2) is 0 Å². The summed E-state index contributed by atoms with van der Waals surface area (Å²) in [6.07, 6.45) is 6.23. The molecule has 0 aliphatic heterocycles. The monoisotopic (exact) mass is 356 g/mol. The summed E-state index contributed by atoms with van der Waals surface area (Å²) >= 11 is 0. The minimum Gasteiger partial charge on any atom is -0.790 e. The summed E-state index contributed by atoms with van der Waals surface area (Å²) in [6.45, 7) is 2.17. The molecule has 0 radical (unpaired) electrons. The van der Waals surface area contributed by atoms with Crippen LogP contribution in [0.5, 0.6) is 0 Å². The Morgan fingerprint density at radius 2 is 1.04 bits per heavy atom. The van der Waals surface area contributed by atoms with Gasteiger partial charge in [-0.3, -0.25) is 0 Å². The molecule has 0 N–H and O–H groups in total. The molecule has 0 amide bonds. The first kappa shape index (κ1) is 27.9. The summed E-state index contributed by atoms with van der Waals surface area (Å²) in [5.41, 5.74) is 0. The molecule has 0 saturated heterocycles. The Kier molecular flexibility index (Phi) is 17.4. The van der Waals surface area contributed by atoms with Crippen molar-refractivity contribution in [3.8, 4) is 0 Å². The van der Waals surface area contributed by atoms with Gasteiger partial charge < -0.3 is 27.8 Å². The van der Waals surface area contributed by atoms with Crippen LogP contribution >= 0.6 is 7.82 Å². The van der Waals surface area contributed by atoms with Crippen LogP contribution in [0.4, 0.5) is 0 Å². The van der Waals surface area contributed by atoms with Gasteiger partial charge in [0.05, 0.1) is 70.8 Å². The molecule has 0 heterocycles. The normalized spacial score (nSPS) is 12.0. The summed E-state index contributed by atoms with van der Waals surface area (Å²) in [7, 11) is 12.3. The van der Waals surface area contributed by atoms with E-state index < -0.39 is 7.82 Å². The highest BCUT2D eigenvalue weighted by Gasteiger charge is 1.92. The van der Waals surface area contributed by atoms with Gasteiger partial charge in [0, 0.05) is 0 Å². The van der Waals surface area contributed by atoms with Gasteiger partial charge in [0.2, 0.25) is 0 Å². The van der Waals surface area contributed by atoms with Crippen molar-refractivity contribution in [1.82, 2.24) is 0 Å². The SMILES string of the molecule is CCCCCCCCOP(=O)([O-])[O-].C[N+](C)(C)C.C[N+](C)(C)C. The highest BCUT2D eigenvalue weighted by molar-refractivity contribution is 7.43. The second-order valence-electron chi connectivity index (χ2n) is 8.41. The molecule has 0 aliphatic rings. The third-order valence-corrected chi connectivity index (χ3v) is 2.25. The molecule has 144 valence electrons. The van der Waals surface area contributed by atoms with E-state index in [1.54, 1.807) is 0 Å². The average Bonchev–Trinajstić information content (AvgIpc) is 2.21. The number of quaternary nitrogens is 2. The second kappa shape index (κ2) is 14.4. The molecule has 0 bridgehead atoms. The van der Waals surface area contributed by atoms with Gasteiger partial charge in [-0.15, -0.1) is 0 Å². The zero-order valence-electron chi connectivity index (χ0n) is 16.9. The predicted octanol–water partition coefficient (Wildman–Crippen LogP) is 1.84. The maximum atomic E-state index is 10.0. The second-order valence-corrected chi connectivity index (χ2v) is 9.57. The molecule has 0 aromatic carbocycles. The molecule has 0 atom stereocenters. The molecule has 0 saturated carbocycles.